The number of anilines is 2. The van der Waals surface area contributed by atoms with Crippen LogP contribution in [0.15, 0.2) is 30.5 Å². The second-order valence-electron chi connectivity index (χ2n) is 8.15. The minimum atomic E-state index is 0.345. The Morgan fingerprint density at radius 1 is 1.07 bits per heavy atom. The molecule has 1 aliphatic heterocycles. The van der Waals surface area contributed by atoms with Gasteiger partial charge in [-0.3, -0.25) is 0 Å². The zero-order valence-electron chi connectivity index (χ0n) is 16.7. The first kappa shape index (κ1) is 20.4. The molecule has 29 heavy (non-hydrogen) atoms. The lowest BCUT2D eigenvalue weighted by Crippen LogP contribution is -2.33. The van der Waals surface area contributed by atoms with Crippen molar-refractivity contribution in [3.8, 4) is 11.3 Å². The number of nitrogens with zero attached hydrogens (tertiary/aromatic N) is 2. The van der Waals surface area contributed by atoms with E-state index >= 15 is 0 Å². The van der Waals surface area contributed by atoms with E-state index in [2.05, 4.69) is 21.7 Å². The summed E-state index contributed by atoms with van der Waals surface area (Å²) in [5.41, 5.74) is 7.93. The summed E-state index contributed by atoms with van der Waals surface area (Å²) in [5, 5.41) is 7.64. The molecule has 7 heteroatoms. The maximum atomic E-state index is 6.39. The van der Waals surface area contributed by atoms with E-state index in [1.807, 2.05) is 24.4 Å². The molecule has 0 atom stereocenters. The average Bonchev–Trinajstić information content (AvgIpc) is 2.76. The predicted molar refractivity (Wildman–Crippen MR) is 118 cm³/mol. The van der Waals surface area contributed by atoms with E-state index in [-0.39, 0.29) is 0 Å². The van der Waals surface area contributed by atoms with Gasteiger partial charge in [-0.2, -0.15) is 0 Å². The minimum Gasteiger partial charge on any atom is -0.381 e. The number of hydrogen-bond acceptors (Lipinski definition) is 6. The molecule has 1 saturated heterocycles. The number of ether oxygens (including phenoxy) is 1. The van der Waals surface area contributed by atoms with Gasteiger partial charge in [0, 0.05) is 43.6 Å². The Morgan fingerprint density at radius 2 is 1.86 bits per heavy atom. The van der Waals surface area contributed by atoms with Crippen LogP contribution in [-0.4, -0.2) is 41.8 Å². The lowest BCUT2D eigenvalue weighted by atomic mass is 9.92. The Hall–Kier alpha value is -1.89. The third-order valence-corrected chi connectivity index (χ3v) is 6.23. The summed E-state index contributed by atoms with van der Waals surface area (Å²) in [4.78, 5) is 9.27. The van der Waals surface area contributed by atoms with Crippen LogP contribution in [0.1, 0.15) is 38.5 Å². The third kappa shape index (κ3) is 5.59. The number of hydrogen-bond donors (Lipinski definition) is 3. The third-order valence-electron chi connectivity index (χ3n) is 5.92. The van der Waals surface area contributed by atoms with E-state index in [4.69, 9.17) is 27.1 Å². The SMILES string of the molecule is N[C@H]1CC[C@H](Nc2cc(-c3ccc(Cl)c(NCC4CCOCC4)n3)ccn2)CC1. The van der Waals surface area contributed by atoms with Crippen molar-refractivity contribution in [2.75, 3.05) is 30.4 Å². The van der Waals surface area contributed by atoms with E-state index < -0.39 is 0 Å². The molecule has 4 rings (SSSR count). The highest BCUT2D eigenvalue weighted by molar-refractivity contribution is 6.33. The van der Waals surface area contributed by atoms with Gasteiger partial charge in [0.25, 0.3) is 0 Å². The number of pyridine rings is 2. The van der Waals surface area contributed by atoms with Crippen LogP contribution in [0.3, 0.4) is 0 Å². The molecule has 0 bridgehead atoms. The Morgan fingerprint density at radius 3 is 2.66 bits per heavy atom. The van der Waals surface area contributed by atoms with E-state index in [0.29, 0.717) is 23.0 Å². The smallest absolute Gasteiger partial charge is 0.145 e. The van der Waals surface area contributed by atoms with Crippen LogP contribution in [0.5, 0.6) is 0 Å². The maximum Gasteiger partial charge on any atom is 0.145 e. The number of aromatic nitrogens is 2. The summed E-state index contributed by atoms with van der Waals surface area (Å²) in [6.45, 7) is 2.55. The summed E-state index contributed by atoms with van der Waals surface area (Å²) < 4.78 is 5.44. The zero-order valence-corrected chi connectivity index (χ0v) is 17.5. The van der Waals surface area contributed by atoms with Crippen molar-refractivity contribution in [3.05, 3.63) is 35.5 Å². The zero-order chi connectivity index (χ0) is 20.1. The Labute approximate surface area is 177 Å². The molecule has 0 spiro atoms. The highest BCUT2D eigenvalue weighted by atomic mass is 35.5. The Bertz CT molecular complexity index is 804. The van der Waals surface area contributed by atoms with Crippen molar-refractivity contribution in [1.82, 2.24) is 9.97 Å². The molecule has 2 aromatic heterocycles. The van der Waals surface area contributed by atoms with Crippen LogP contribution in [0.25, 0.3) is 11.3 Å². The van der Waals surface area contributed by atoms with Crippen molar-refractivity contribution in [1.29, 1.82) is 0 Å². The molecule has 6 nitrogen and oxygen atoms in total. The van der Waals surface area contributed by atoms with E-state index in [1.54, 1.807) is 0 Å². The van der Waals surface area contributed by atoms with Gasteiger partial charge in [0.2, 0.25) is 0 Å². The largest absolute Gasteiger partial charge is 0.381 e. The van der Waals surface area contributed by atoms with Crippen molar-refractivity contribution in [2.45, 2.75) is 50.6 Å². The molecule has 0 amide bonds. The van der Waals surface area contributed by atoms with Crippen LogP contribution in [0, 0.1) is 5.92 Å². The van der Waals surface area contributed by atoms with E-state index in [9.17, 15) is 0 Å². The molecule has 156 valence electrons. The molecule has 0 aromatic carbocycles. The minimum absolute atomic E-state index is 0.345. The highest BCUT2D eigenvalue weighted by Gasteiger charge is 2.19. The van der Waals surface area contributed by atoms with Crippen molar-refractivity contribution < 1.29 is 4.74 Å². The molecule has 2 aromatic rings. The predicted octanol–water partition coefficient (Wildman–Crippen LogP) is 4.32. The van der Waals surface area contributed by atoms with Crippen LogP contribution >= 0.6 is 11.6 Å². The van der Waals surface area contributed by atoms with Gasteiger partial charge in [-0.25, -0.2) is 9.97 Å². The van der Waals surface area contributed by atoms with Gasteiger partial charge in [-0.15, -0.1) is 0 Å². The fraction of sp³-hybridized carbons (Fsp3) is 0.545. The maximum absolute atomic E-state index is 6.39. The standard InChI is InChI=1S/C22H30ClN5O/c23-19-5-6-20(28-22(19)26-14-15-8-11-29-12-9-15)16-7-10-25-21(13-16)27-18-3-1-17(24)2-4-18/h5-7,10,13,15,17-18H,1-4,8-9,11-12,14,24H2,(H,25,27)(H,26,28)/t17-,18-. The topological polar surface area (TPSA) is 85.1 Å². The first-order chi connectivity index (χ1) is 14.2. The number of rotatable bonds is 6. The summed E-state index contributed by atoms with van der Waals surface area (Å²) in [6, 6.07) is 8.70. The second kappa shape index (κ2) is 9.74. The summed E-state index contributed by atoms with van der Waals surface area (Å²) in [6.07, 6.45) is 8.30. The Balaban J connectivity index is 1.43. The van der Waals surface area contributed by atoms with Gasteiger partial charge in [0.1, 0.15) is 11.6 Å². The molecule has 0 unspecified atom stereocenters. The van der Waals surface area contributed by atoms with E-state index in [0.717, 1.165) is 81.2 Å². The van der Waals surface area contributed by atoms with Gasteiger partial charge < -0.3 is 21.1 Å². The van der Waals surface area contributed by atoms with Gasteiger partial charge in [0.15, 0.2) is 0 Å². The van der Waals surface area contributed by atoms with Crippen LogP contribution in [-0.2, 0) is 4.74 Å². The molecule has 1 saturated carbocycles. The fourth-order valence-corrected chi connectivity index (χ4v) is 4.23. The van der Waals surface area contributed by atoms with Gasteiger partial charge >= 0.3 is 0 Å². The fourth-order valence-electron chi connectivity index (χ4n) is 4.06. The summed E-state index contributed by atoms with van der Waals surface area (Å²) >= 11 is 6.39. The first-order valence-corrected chi connectivity index (χ1v) is 11.0. The quantitative estimate of drug-likeness (QED) is 0.651. The molecular weight excluding hydrogens is 386 g/mol. The molecule has 2 aliphatic rings. The molecule has 4 N–H and O–H groups in total. The number of nitrogens with one attached hydrogen (secondary N) is 2. The summed E-state index contributed by atoms with van der Waals surface area (Å²) in [5.74, 6) is 2.23. The highest BCUT2D eigenvalue weighted by Crippen LogP contribution is 2.28. The number of nitrogens with two attached hydrogens (primary N) is 1. The number of halogens is 1. The van der Waals surface area contributed by atoms with Crippen molar-refractivity contribution in [3.63, 3.8) is 0 Å². The Kier molecular flexibility index (Phi) is 6.85. The average molecular weight is 416 g/mol. The molecular formula is C22H30ClN5O. The molecule has 2 fully saturated rings. The van der Waals surface area contributed by atoms with Crippen molar-refractivity contribution in [2.24, 2.45) is 11.7 Å². The van der Waals surface area contributed by atoms with Crippen LogP contribution < -0.4 is 16.4 Å². The van der Waals surface area contributed by atoms with E-state index in [1.165, 1.54) is 0 Å². The molecule has 3 heterocycles. The monoisotopic (exact) mass is 415 g/mol. The normalized spacial score (nSPS) is 23.0. The van der Waals surface area contributed by atoms with Gasteiger partial charge in [-0.05, 0) is 68.7 Å². The second-order valence-corrected chi connectivity index (χ2v) is 8.56. The lowest BCUT2D eigenvalue weighted by Gasteiger charge is -2.27. The molecule has 0 radical (unpaired) electrons. The van der Waals surface area contributed by atoms with Crippen molar-refractivity contribution >= 4 is 23.2 Å². The van der Waals surface area contributed by atoms with Crippen LogP contribution in [0.4, 0.5) is 11.6 Å². The lowest BCUT2D eigenvalue weighted by molar-refractivity contribution is 0.0699. The summed E-state index contributed by atoms with van der Waals surface area (Å²) in [7, 11) is 0. The van der Waals surface area contributed by atoms with Gasteiger partial charge in [-0.1, -0.05) is 11.6 Å². The van der Waals surface area contributed by atoms with Crippen LogP contribution in [0.2, 0.25) is 5.02 Å². The van der Waals surface area contributed by atoms with Gasteiger partial charge in [0.05, 0.1) is 10.7 Å². The first-order valence-electron chi connectivity index (χ1n) is 10.6. The molecule has 1 aliphatic carbocycles.